The third kappa shape index (κ3) is 3.80. The number of halogens is 1. The van der Waals surface area contributed by atoms with E-state index in [1.54, 1.807) is 0 Å². The lowest BCUT2D eigenvalue weighted by molar-refractivity contribution is 0.0930. The van der Waals surface area contributed by atoms with E-state index < -0.39 is 0 Å². The molecule has 4 heteroatoms. The topological polar surface area (TPSA) is 42.0 Å². The van der Waals surface area contributed by atoms with Crippen LogP contribution >= 0.6 is 15.9 Å². The Labute approximate surface area is 111 Å². The first-order valence-electron chi connectivity index (χ1n) is 5.76. The predicted octanol–water partition coefficient (Wildman–Crippen LogP) is 2.85. The maximum Gasteiger partial charge on any atom is 0.253 e. The van der Waals surface area contributed by atoms with Crippen LogP contribution in [0.5, 0.6) is 0 Å². The highest BCUT2D eigenvalue weighted by Crippen LogP contribution is 2.10. The number of hydrogen-bond donors (Lipinski definition) is 1. The lowest BCUT2D eigenvalue weighted by atomic mass is 10.1. The summed E-state index contributed by atoms with van der Waals surface area (Å²) in [6, 6.07) is 3.83. The summed E-state index contributed by atoms with van der Waals surface area (Å²) in [5, 5.41) is 3.87. The van der Waals surface area contributed by atoms with Crippen LogP contribution in [0.3, 0.4) is 0 Å². The zero-order valence-electron chi connectivity index (χ0n) is 10.7. The Morgan fingerprint density at radius 1 is 1.41 bits per heavy atom. The molecule has 1 N–H and O–H groups in total. The minimum Gasteiger partial charge on any atom is -0.349 e. The van der Waals surface area contributed by atoms with Crippen LogP contribution in [0, 0.1) is 19.8 Å². The Morgan fingerprint density at radius 3 is 2.59 bits per heavy atom. The molecule has 0 bridgehead atoms. The number of alkyl halides is 1. The van der Waals surface area contributed by atoms with Gasteiger partial charge in [0.05, 0.1) is 11.3 Å². The molecule has 0 saturated heterocycles. The maximum atomic E-state index is 12.0. The van der Waals surface area contributed by atoms with Gasteiger partial charge in [-0.15, -0.1) is 0 Å². The molecule has 1 heterocycles. The Bertz CT molecular complexity index is 406. The fourth-order valence-electron chi connectivity index (χ4n) is 1.49. The fourth-order valence-corrected chi connectivity index (χ4v) is 2.05. The zero-order valence-corrected chi connectivity index (χ0v) is 12.3. The van der Waals surface area contributed by atoms with Gasteiger partial charge in [0.15, 0.2) is 0 Å². The van der Waals surface area contributed by atoms with E-state index in [-0.39, 0.29) is 11.9 Å². The highest BCUT2D eigenvalue weighted by atomic mass is 79.9. The van der Waals surface area contributed by atoms with E-state index in [2.05, 4.69) is 33.2 Å². The van der Waals surface area contributed by atoms with Crippen molar-refractivity contribution < 1.29 is 4.79 Å². The van der Waals surface area contributed by atoms with Crippen molar-refractivity contribution in [1.29, 1.82) is 0 Å². The molecule has 0 radical (unpaired) electrons. The lowest BCUT2D eigenvalue weighted by Gasteiger charge is -2.19. The van der Waals surface area contributed by atoms with E-state index >= 15 is 0 Å². The summed E-state index contributed by atoms with van der Waals surface area (Å²) in [5.74, 6) is 0.355. The Hall–Kier alpha value is -0.900. The quantitative estimate of drug-likeness (QED) is 0.869. The smallest absolute Gasteiger partial charge is 0.253 e. The number of carbonyl (C=O) groups excluding carboxylic acids is 1. The van der Waals surface area contributed by atoms with Crippen molar-refractivity contribution in [3.05, 3.63) is 29.1 Å². The standard InChI is InChI=1S/C13H19BrN2O/c1-8(7-14)10(3)16-13(17)12-6-5-9(2)15-11(12)4/h5-6,8,10H,7H2,1-4H3,(H,16,17). The van der Waals surface area contributed by atoms with Crippen molar-refractivity contribution in [3.8, 4) is 0 Å². The Kier molecular flexibility index (Phi) is 5.12. The van der Waals surface area contributed by atoms with Gasteiger partial charge in [0.1, 0.15) is 0 Å². The number of nitrogens with zero attached hydrogens (tertiary/aromatic N) is 1. The first-order chi connectivity index (χ1) is 7.95. The third-order valence-electron chi connectivity index (χ3n) is 2.93. The minimum atomic E-state index is -0.0460. The molecule has 0 aliphatic carbocycles. The van der Waals surface area contributed by atoms with Gasteiger partial charge in [-0.3, -0.25) is 9.78 Å². The normalized spacial score (nSPS) is 14.2. The second-order valence-electron chi connectivity index (χ2n) is 4.48. The van der Waals surface area contributed by atoms with Gasteiger partial charge in [-0.2, -0.15) is 0 Å². The number of aromatic nitrogens is 1. The van der Waals surface area contributed by atoms with Gasteiger partial charge in [0.25, 0.3) is 5.91 Å². The predicted molar refractivity (Wildman–Crippen MR) is 73.6 cm³/mol. The summed E-state index contributed by atoms with van der Waals surface area (Å²) < 4.78 is 0. The second-order valence-corrected chi connectivity index (χ2v) is 5.13. The minimum absolute atomic E-state index is 0.0460. The molecule has 0 fully saturated rings. The van der Waals surface area contributed by atoms with Gasteiger partial charge in [-0.25, -0.2) is 0 Å². The van der Waals surface area contributed by atoms with E-state index in [9.17, 15) is 4.79 Å². The van der Waals surface area contributed by atoms with E-state index in [1.165, 1.54) is 0 Å². The summed E-state index contributed by atoms with van der Waals surface area (Å²) in [6.07, 6.45) is 0. The summed E-state index contributed by atoms with van der Waals surface area (Å²) >= 11 is 3.42. The molecule has 3 nitrogen and oxygen atoms in total. The first kappa shape index (κ1) is 14.2. The van der Waals surface area contributed by atoms with E-state index in [1.807, 2.05) is 32.9 Å². The molecule has 1 rings (SSSR count). The molecule has 1 aromatic heterocycles. The van der Waals surface area contributed by atoms with Gasteiger partial charge >= 0.3 is 0 Å². The molecule has 0 aliphatic rings. The molecule has 1 aromatic rings. The Balaban J connectivity index is 2.76. The van der Waals surface area contributed by atoms with Crippen molar-refractivity contribution in [2.24, 2.45) is 5.92 Å². The number of amides is 1. The SMILES string of the molecule is Cc1ccc(C(=O)NC(C)C(C)CBr)c(C)n1. The molecule has 94 valence electrons. The van der Waals surface area contributed by atoms with Crippen LogP contribution in [0.25, 0.3) is 0 Å². The van der Waals surface area contributed by atoms with Gasteiger partial charge < -0.3 is 5.32 Å². The van der Waals surface area contributed by atoms with Crippen LogP contribution in [-0.4, -0.2) is 22.3 Å². The van der Waals surface area contributed by atoms with E-state index in [0.29, 0.717) is 11.5 Å². The largest absolute Gasteiger partial charge is 0.349 e. The Morgan fingerprint density at radius 2 is 2.06 bits per heavy atom. The number of pyridine rings is 1. The lowest BCUT2D eigenvalue weighted by Crippen LogP contribution is -2.38. The maximum absolute atomic E-state index is 12.0. The number of nitrogens with one attached hydrogen (secondary N) is 1. The van der Waals surface area contributed by atoms with Crippen LogP contribution in [0.4, 0.5) is 0 Å². The van der Waals surface area contributed by atoms with Crippen molar-refractivity contribution in [3.63, 3.8) is 0 Å². The number of hydrogen-bond acceptors (Lipinski definition) is 2. The number of aryl methyl sites for hydroxylation is 2. The van der Waals surface area contributed by atoms with Gasteiger partial charge in [0.2, 0.25) is 0 Å². The van der Waals surface area contributed by atoms with Crippen LogP contribution < -0.4 is 5.32 Å². The number of rotatable bonds is 4. The molecule has 0 aromatic carbocycles. The van der Waals surface area contributed by atoms with E-state index in [4.69, 9.17) is 0 Å². The van der Waals surface area contributed by atoms with Crippen molar-refractivity contribution >= 4 is 21.8 Å². The van der Waals surface area contributed by atoms with Crippen LogP contribution in [0.1, 0.15) is 35.6 Å². The molecule has 17 heavy (non-hydrogen) atoms. The summed E-state index contributed by atoms with van der Waals surface area (Å²) in [6.45, 7) is 7.89. The summed E-state index contributed by atoms with van der Waals surface area (Å²) in [7, 11) is 0. The second kappa shape index (κ2) is 6.15. The average Bonchev–Trinajstić information content (AvgIpc) is 2.27. The molecule has 0 aliphatic heterocycles. The molecular formula is C13H19BrN2O. The van der Waals surface area contributed by atoms with Gasteiger partial charge in [-0.05, 0) is 38.8 Å². The molecule has 2 atom stereocenters. The van der Waals surface area contributed by atoms with Gasteiger partial charge in [0, 0.05) is 17.1 Å². The first-order valence-corrected chi connectivity index (χ1v) is 6.89. The molecular weight excluding hydrogens is 280 g/mol. The highest BCUT2D eigenvalue weighted by molar-refractivity contribution is 9.09. The van der Waals surface area contributed by atoms with E-state index in [0.717, 1.165) is 16.7 Å². The van der Waals surface area contributed by atoms with Crippen LogP contribution in [0.15, 0.2) is 12.1 Å². The van der Waals surface area contributed by atoms with Gasteiger partial charge in [-0.1, -0.05) is 22.9 Å². The molecule has 0 saturated carbocycles. The third-order valence-corrected chi connectivity index (χ3v) is 3.95. The van der Waals surface area contributed by atoms with Crippen molar-refractivity contribution in [1.82, 2.24) is 10.3 Å². The molecule has 2 unspecified atom stereocenters. The van der Waals surface area contributed by atoms with Crippen LogP contribution in [-0.2, 0) is 0 Å². The summed E-state index contributed by atoms with van der Waals surface area (Å²) in [5.41, 5.74) is 2.37. The van der Waals surface area contributed by atoms with Crippen molar-refractivity contribution in [2.45, 2.75) is 33.7 Å². The summed E-state index contributed by atoms with van der Waals surface area (Å²) in [4.78, 5) is 16.3. The molecule has 1 amide bonds. The van der Waals surface area contributed by atoms with Crippen LogP contribution in [0.2, 0.25) is 0 Å². The highest BCUT2D eigenvalue weighted by Gasteiger charge is 2.16. The van der Waals surface area contributed by atoms with Crippen molar-refractivity contribution in [2.75, 3.05) is 5.33 Å². The average molecular weight is 299 g/mol. The zero-order chi connectivity index (χ0) is 13.0. The molecule has 0 spiro atoms. The fraction of sp³-hybridized carbons (Fsp3) is 0.538. The number of carbonyl (C=O) groups is 1. The monoisotopic (exact) mass is 298 g/mol.